The molecule has 0 unspecified atom stereocenters. The van der Waals surface area contributed by atoms with Crippen molar-refractivity contribution in [2.45, 2.75) is 19.8 Å². The Bertz CT molecular complexity index is 129. The lowest BCUT2D eigenvalue weighted by Crippen LogP contribution is -1.99. The predicted octanol–water partition coefficient (Wildman–Crippen LogP) is 2.22. The van der Waals surface area contributed by atoms with Gasteiger partial charge in [-0.05, 0) is 13.8 Å². The number of hydrogen-bond acceptors (Lipinski definition) is 0. The molecule has 1 fully saturated rings. The van der Waals surface area contributed by atoms with E-state index in [1.54, 1.807) is 0 Å². The Hall–Kier alpha value is -0.400. The van der Waals surface area contributed by atoms with Gasteiger partial charge in [0.2, 0.25) is 0 Å². The topological polar surface area (TPSA) is 0 Å². The fourth-order valence-corrected chi connectivity index (χ4v) is 0.649. The third kappa shape index (κ3) is 0.343. The quantitative estimate of drug-likeness (QED) is 0.428. The van der Waals surface area contributed by atoms with E-state index in [0.717, 1.165) is 0 Å². The Morgan fingerprint density at radius 1 is 1.38 bits per heavy atom. The number of hydrogen-bond donors (Lipinski definition) is 0. The molecule has 2 heteroatoms. The summed E-state index contributed by atoms with van der Waals surface area (Å²) in [5.41, 5.74) is -0.863. The smallest absolute Gasteiger partial charge is 0.201 e. The highest BCUT2D eigenvalue weighted by Gasteiger charge is 2.69. The molecule has 0 N–H and O–H groups in total. The fraction of sp³-hybridized carbons (Fsp3) is 0.667. The zero-order chi connectivity index (χ0) is 6.58. The largest absolute Gasteiger partial charge is 0.278 e. The summed E-state index contributed by atoms with van der Waals surface area (Å²) in [5, 5.41) is 0. The van der Waals surface area contributed by atoms with Crippen molar-refractivity contribution >= 4 is 0 Å². The number of alkyl halides is 2. The van der Waals surface area contributed by atoms with Gasteiger partial charge in [-0.15, -0.1) is 0 Å². The molecule has 0 atom stereocenters. The van der Waals surface area contributed by atoms with Gasteiger partial charge in [-0.3, -0.25) is 0 Å². The van der Waals surface area contributed by atoms with Gasteiger partial charge in [0.15, 0.2) is 0 Å². The van der Waals surface area contributed by atoms with Crippen LogP contribution in [0.3, 0.4) is 0 Å². The van der Waals surface area contributed by atoms with Crippen LogP contribution in [0.4, 0.5) is 8.78 Å². The molecule has 0 spiro atoms. The molecule has 0 aliphatic heterocycles. The molecule has 1 aliphatic rings. The van der Waals surface area contributed by atoms with Crippen molar-refractivity contribution in [3.05, 3.63) is 12.2 Å². The maximum Gasteiger partial charge on any atom is 0.278 e. The van der Waals surface area contributed by atoms with Crippen molar-refractivity contribution in [2.24, 2.45) is 5.41 Å². The zero-order valence-electron chi connectivity index (χ0n) is 4.96. The Labute approximate surface area is 47.2 Å². The van der Waals surface area contributed by atoms with Gasteiger partial charge in [0.1, 0.15) is 0 Å². The molecule has 8 heavy (non-hydrogen) atoms. The molecule has 1 saturated carbocycles. The molecular weight excluding hydrogens is 110 g/mol. The molecule has 0 heterocycles. The minimum atomic E-state index is -2.59. The van der Waals surface area contributed by atoms with Gasteiger partial charge in [0.25, 0.3) is 5.92 Å². The van der Waals surface area contributed by atoms with Gasteiger partial charge < -0.3 is 0 Å². The van der Waals surface area contributed by atoms with E-state index in [2.05, 4.69) is 6.58 Å². The lowest BCUT2D eigenvalue weighted by molar-refractivity contribution is 0.0827. The molecule has 0 bridgehead atoms. The summed E-state index contributed by atoms with van der Waals surface area (Å²) >= 11 is 0. The molecular formula is C6H8F2. The van der Waals surface area contributed by atoms with E-state index in [-0.39, 0.29) is 5.57 Å². The van der Waals surface area contributed by atoms with E-state index in [1.807, 2.05) is 0 Å². The maximum absolute atomic E-state index is 12.2. The van der Waals surface area contributed by atoms with Crippen LogP contribution in [0.15, 0.2) is 12.2 Å². The van der Waals surface area contributed by atoms with Crippen LogP contribution in [0.1, 0.15) is 13.8 Å². The molecule has 1 rings (SSSR count). The van der Waals surface area contributed by atoms with E-state index in [4.69, 9.17) is 0 Å². The van der Waals surface area contributed by atoms with Gasteiger partial charge in [0.05, 0.1) is 5.41 Å². The van der Waals surface area contributed by atoms with Gasteiger partial charge >= 0.3 is 0 Å². The zero-order valence-corrected chi connectivity index (χ0v) is 4.96. The van der Waals surface area contributed by atoms with Crippen LogP contribution in [0.5, 0.6) is 0 Å². The van der Waals surface area contributed by atoms with Gasteiger partial charge in [-0.2, -0.15) is 0 Å². The summed E-state index contributed by atoms with van der Waals surface area (Å²) in [6, 6.07) is 0. The van der Waals surface area contributed by atoms with Crippen LogP contribution >= 0.6 is 0 Å². The van der Waals surface area contributed by atoms with E-state index in [9.17, 15) is 8.78 Å². The van der Waals surface area contributed by atoms with Crippen LogP contribution in [0, 0.1) is 5.41 Å². The molecule has 0 saturated heterocycles. The first-order valence-electron chi connectivity index (χ1n) is 2.48. The first kappa shape index (κ1) is 5.73. The average Bonchev–Trinajstić information content (AvgIpc) is 1.88. The number of allylic oxidation sites excluding steroid dienone is 1. The monoisotopic (exact) mass is 118 g/mol. The van der Waals surface area contributed by atoms with Gasteiger partial charge in [-0.1, -0.05) is 6.58 Å². The van der Waals surface area contributed by atoms with Crippen LogP contribution < -0.4 is 0 Å². The molecule has 46 valence electrons. The Kier molecular flexibility index (Phi) is 0.696. The first-order valence-corrected chi connectivity index (χ1v) is 2.48. The maximum atomic E-state index is 12.2. The van der Waals surface area contributed by atoms with E-state index < -0.39 is 11.3 Å². The summed E-state index contributed by atoms with van der Waals surface area (Å²) in [6.07, 6.45) is 0. The lowest BCUT2D eigenvalue weighted by Gasteiger charge is -1.94. The van der Waals surface area contributed by atoms with Crippen molar-refractivity contribution in [2.75, 3.05) is 0 Å². The van der Waals surface area contributed by atoms with Crippen LogP contribution in [-0.4, -0.2) is 5.92 Å². The van der Waals surface area contributed by atoms with Gasteiger partial charge in [0, 0.05) is 5.57 Å². The van der Waals surface area contributed by atoms with Crippen molar-refractivity contribution in [3.8, 4) is 0 Å². The molecule has 1 aliphatic carbocycles. The van der Waals surface area contributed by atoms with Crippen molar-refractivity contribution < 1.29 is 8.78 Å². The van der Waals surface area contributed by atoms with E-state index in [0.29, 0.717) is 0 Å². The Morgan fingerprint density at radius 2 is 1.50 bits per heavy atom. The Balaban J connectivity index is 2.88. The van der Waals surface area contributed by atoms with Crippen LogP contribution in [0.2, 0.25) is 0 Å². The number of rotatable bonds is 0. The average molecular weight is 118 g/mol. The summed E-state index contributed by atoms with van der Waals surface area (Å²) < 4.78 is 24.4. The predicted molar refractivity (Wildman–Crippen MR) is 27.9 cm³/mol. The summed E-state index contributed by atoms with van der Waals surface area (Å²) in [6.45, 7) is 6.21. The first-order chi connectivity index (χ1) is 3.40. The Morgan fingerprint density at radius 3 is 1.50 bits per heavy atom. The third-order valence-corrected chi connectivity index (χ3v) is 1.86. The lowest BCUT2D eigenvalue weighted by atomic mass is 10.2. The molecule has 0 amide bonds. The van der Waals surface area contributed by atoms with Crippen LogP contribution in [0.25, 0.3) is 0 Å². The minimum absolute atomic E-state index is 0.0602. The number of halogens is 2. The van der Waals surface area contributed by atoms with E-state index in [1.165, 1.54) is 13.8 Å². The summed E-state index contributed by atoms with van der Waals surface area (Å²) in [7, 11) is 0. The molecule has 0 radical (unpaired) electrons. The van der Waals surface area contributed by atoms with Crippen molar-refractivity contribution in [3.63, 3.8) is 0 Å². The second kappa shape index (κ2) is 0.971. The van der Waals surface area contributed by atoms with Crippen molar-refractivity contribution in [1.82, 2.24) is 0 Å². The molecule has 0 aromatic carbocycles. The summed E-state index contributed by atoms with van der Waals surface area (Å²) in [4.78, 5) is 0. The standard InChI is InChI=1S/C6H8F2/c1-4-5(2,3)6(4,7)8/h1H2,2-3H3. The highest BCUT2D eigenvalue weighted by molar-refractivity contribution is 5.40. The fourth-order valence-electron chi connectivity index (χ4n) is 0.649. The van der Waals surface area contributed by atoms with Crippen LogP contribution in [-0.2, 0) is 0 Å². The highest BCUT2D eigenvalue weighted by atomic mass is 19.3. The highest BCUT2D eigenvalue weighted by Crippen LogP contribution is 2.63. The second-order valence-corrected chi connectivity index (χ2v) is 2.68. The molecule has 0 aromatic heterocycles. The SMILES string of the molecule is C=C1C(C)(C)C1(F)F. The second-order valence-electron chi connectivity index (χ2n) is 2.68. The normalized spacial score (nSPS) is 30.2. The van der Waals surface area contributed by atoms with Gasteiger partial charge in [-0.25, -0.2) is 8.78 Å². The third-order valence-electron chi connectivity index (χ3n) is 1.86. The summed E-state index contributed by atoms with van der Waals surface area (Å²) in [5.74, 6) is -2.59. The minimum Gasteiger partial charge on any atom is -0.201 e. The molecule has 0 aromatic rings. The molecule has 0 nitrogen and oxygen atoms in total. The van der Waals surface area contributed by atoms with Crippen molar-refractivity contribution in [1.29, 1.82) is 0 Å². The van der Waals surface area contributed by atoms with E-state index >= 15 is 0 Å².